The van der Waals surface area contributed by atoms with Crippen molar-refractivity contribution >= 4 is 40.4 Å². The second-order valence-corrected chi connectivity index (χ2v) is 6.20. The fourth-order valence-electron chi connectivity index (χ4n) is 2.21. The van der Waals surface area contributed by atoms with Gasteiger partial charge in [-0.15, -0.1) is 10.2 Å². The lowest BCUT2D eigenvalue weighted by molar-refractivity contribution is 0.477. The van der Waals surface area contributed by atoms with E-state index in [1.807, 2.05) is 13.8 Å². The largest absolute Gasteiger partial charge is 0.504 e. The second kappa shape index (κ2) is 6.18. The predicted octanol–water partition coefficient (Wildman–Crippen LogP) is 5.89. The molecule has 0 saturated carbocycles. The predicted molar refractivity (Wildman–Crippen MR) is 91.6 cm³/mol. The lowest BCUT2D eigenvalue weighted by atomic mass is 10.1. The summed E-state index contributed by atoms with van der Waals surface area (Å²) in [4.78, 5) is 4.47. The van der Waals surface area contributed by atoms with Crippen LogP contribution in [0.15, 0.2) is 46.8 Å². The maximum Gasteiger partial charge on any atom is 0.183 e. The van der Waals surface area contributed by atoms with Crippen LogP contribution >= 0.6 is 23.2 Å². The van der Waals surface area contributed by atoms with Gasteiger partial charge in [-0.3, -0.25) is 4.40 Å². The first-order valence-corrected chi connectivity index (χ1v) is 7.79. The van der Waals surface area contributed by atoms with E-state index in [-0.39, 0.29) is 11.7 Å². The highest BCUT2D eigenvalue weighted by molar-refractivity contribution is 6.36. The lowest BCUT2D eigenvalue weighted by Gasteiger charge is -2.02. The van der Waals surface area contributed by atoms with E-state index in [0.29, 0.717) is 27.2 Å². The van der Waals surface area contributed by atoms with Gasteiger partial charge in [0.1, 0.15) is 5.69 Å². The van der Waals surface area contributed by atoms with E-state index in [1.54, 1.807) is 40.9 Å². The molecule has 7 heteroatoms. The fourth-order valence-corrected chi connectivity index (χ4v) is 2.65. The van der Waals surface area contributed by atoms with Crippen LogP contribution in [-0.4, -0.2) is 14.5 Å². The standard InChI is InChI=1S/C16H14Cl2N4O/c1-9(2)14-16(22-7-3-4-13(23)15(22)19-14)21-20-12-6-5-10(17)8-11(12)18/h3-9,23H,1-2H3. The first kappa shape index (κ1) is 15.8. The molecule has 0 aliphatic heterocycles. The van der Waals surface area contributed by atoms with Gasteiger partial charge in [-0.05, 0) is 36.2 Å². The molecule has 118 valence electrons. The van der Waals surface area contributed by atoms with Gasteiger partial charge in [-0.2, -0.15) is 0 Å². The highest BCUT2D eigenvalue weighted by Crippen LogP contribution is 2.34. The average molecular weight is 349 g/mol. The van der Waals surface area contributed by atoms with E-state index >= 15 is 0 Å². The quantitative estimate of drug-likeness (QED) is 0.600. The van der Waals surface area contributed by atoms with Gasteiger partial charge in [0.05, 0.1) is 10.7 Å². The van der Waals surface area contributed by atoms with Gasteiger partial charge in [0.15, 0.2) is 17.2 Å². The first-order chi connectivity index (χ1) is 11.0. The number of aromatic hydroxyl groups is 1. The topological polar surface area (TPSA) is 62.2 Å². The zero-order valence-corrected chi connectivity index (χ0v) is 14.0. The van der Waals surface area contributed by atoms with Gasteiger partial charge in [0.2, 0.25) is 0 Å². The Labute approximate surface area is 143 Å². The monoisotopic (exact) mass is 348 g/mol. The van der Waals surface area contributed by atoms with Crippen molar-refractivity contribution in [1.29, 1.82) is 0 Å². The summed E-state index contributed by atoms with van der Waals surface area (Å²) in [6.45, 7) is 4.01. The molecule has 23 heavy (non-hydrogen) atoms. The molecule has 0 fully saturated rings. The van der Waals surface area contributed by atoms with E-state index in [9.17, 15) is 5.11 Å². The van der Waals surface area contributed by atoms with Crippen LogP contribution in [0.1, 0.15) is 25.5 Å². The minimum atomic E-state index is 0.0976. The van der Waals surface area contributed by atoms with Crippen LogP contribution < -0.4 is 0 Å². The van der Waals surface area contributed by atoms with E-state index < -0.39 is 0 Å². The van der Waals surface area contributed by atoms with E-state index in [0.717, 1.165) is 5.69 Å². The number of aromatic nitrogens is 2. The summed E-state index contributed by atoms with van der Waals surface area (Å²) in [5.41, 5.74) is 1.72. The summed E-state index contributed by atoms with van der Waals surface area (Å²) in [7, 11) is 0. The van der Waals surface area contributed by atoms with E-state index in [2.05, 4.69) is 15.2 Å². The van der Waals surface area contributed by atoms with Crippen molar-refractivity contribution in [2.24, 2.45) is 10.2 Å². The van der Waals surface area contributed by atoms with Crippen LogP contribution in [0.3, 0.4) is 0 Å². The number of azo groups is 1. The number of halogens is 2. The third-order valence-electron chi connectivity index (χ3n) is 3.34. The van der Waals surface area contributed by atoms with Crippen LogP contribution in [0.25, 0.3) is 5.65 Å². The Morgan fingerprint density at radius 1 is 1.17 bits per heavy atom. The van der Waals surface area contributed by atoms with Gasteiger partial charge in [0, 0.05) is 11.2 Å². The number of rotatable bonds is 3. The Bertz CT molecular complexity index is 902. The second-order valence-electron chi connectivity index (χ2n) is 5.36. The number of fused-ring (bicyclic) bond motifs is 1. The molecule has 0 radical (unpaired) electrons. The lowest BCUT2D eigenvalue weighted by Crippen LogP contribution is -1.87. The van der Waals surface area contributed by atoms with Crippen molar-refractivity contribution in [3.8, 4) is 5.75 Å². The molecule has 0 amide bonds. The van der Waals surface area contributed by atoms with Crippen LogP contribution in [0.2, 0.25) is 10.0 Å². The van der Waals surface area contributed by atoms with Crippen molar-refractivity contribution in [3.63, 3.8) is 0 Å². The summed E-state index contributed by atoms with van der Waals surface area (Å²) in [5.74, 6) is 0.793. The molecule has 3 aromatic rings. The molecule has 1 N–H and O–H groups in total. The molecule has 0 aliphatic rings. The van der Waals surface area contributed by atoms with Gasteiger partial charge in [0.25, 0.3) is 0 Å². The molecule has 0 spiro atoms. The molecule has 1 aromatic carbocycles. The number of pyridine rings is 1. The molecular weight excluding hydrogens is 335 g/mol. The van der Waals surface area contributed by atoms with Gasteiger partial charge in [-0.25, -0.2) is 4.98 Å². The Balaban J connectivity index is 2.13. The number of hydrogen-bond acceptors (Lipinski definition) is 4. The van der Waals surface area contributed by atoms with Gasteiger partial charge < -0.3 is 5.11 Å². The SMILES string of the molecule is CC(C)c1nc2c(O)cccn2c1N=Nc1ccc(Cl)cc1Cl. The third kappa shape index (κ3) is 3.02. The third-order valence-corrected chi connectivity index (χ3v) is 3.88. The molecule has 3 rings (SSSR count). The Morgan fingerprint density at radius 2 is 1.96 bits per heavy atom. The Kier molecular flexibility index (Phi) is 4.24. The van der Waals surface area contributed by atoms with Crippen LogP contribution in [0, 0.1) is 0 Å². The number of hydrogen-bond donors (Lipinski definition) is 1. The van der Waals surface area contributed by atoms with Crippen molar-refractivity contribution < 1.29 is 5.11 Å². The molecule has 5 nitrogen and oxygen atoms in total. The Hall–Kier alpha value is -2.11. The maximum absolute atomic E-state index is 9.96. The van der Waals surface area contributed by atoms with Crippen LogP contribution in [-0.2, 0) is 0 Å². The maximum atomic E-state index is 9.96. The van der Waals surface area contributed by atoms with Crippen molar-refractivity contribution in [2.45, 2.75) is 19.8 Å². The number of imidazole rings is 1. The Morgan fingerprint density at radius 3 is 2.65 bits per heavy atom. The highest BCUT2D eigenvalue weighted by Gasteiger charge is 2.17. The molecule has 2 aromatic heterocycles. The van der Waals surface area contributed by atoms with Gasteiger partial charge >= 0.3 is 0 Å². The van der Waals surface area contributed by atoms with Crippen molar-refractivity contribution in [2.75, 3.05) is 0 Å². The average Bonchev–Trinajstić information content (AvgIpc) is 2.87. The van der Waals surface area contributed by atoms with Crippen LogP contribution in [0.5, 0.6) is 5.75 Å². The minimum Gasteiger partial charge on any atom is -0.504 e. The molecule has 2 heterocycles. The summed E-state index contributed by atoms with van der Waals surface area (Å²) in [6, 6.07) is 8.32. The van der Waals surface area contributed by atoms with E-state index in [4.69, 9.17) is 23.2 Å². The number of benzene rings is 1. The smallest absolute Gasteiger partial charge is 0.183 e. The molecule has 0 atom stereocenters. The normalized spacial score (nSPS) is 11.9. The molecule has 0 bridgehead atoms. The molecule has 0 unspecified atom stereocenters. The summed E-state index contributed by atoms with van der Waals surface area (Å²) < 4.78 is 1.71. The number of nitrogens with zero attached hydrogens (tertiary/aromatic N) is 4. The molecule has 0 aliphatic carbocycles. The van der Waals surface area contributed by atoms with Gasteiger partial charge in [-0.1, -0.05) is 37.0 Å². The molecular formula is C16H14Cl2N4O. The fraction of sp³-hybridized carbons (Fsp3) is 0.188. The minimum absolute atomic E-state index is 0.0976. The van der Waals surface area contributed by atoms with Crippen molar-refractivity contribution in [1.82, 2.24) is 9.38 Å². The summed E-state index contributed by atoms with van der Waals surface area (Å²) >= 11 is 12.0. The zero-order chi connectivity index (χ0) is 16.6. The highest BCUT2D eigenvalue weighted by atomic mass is 35.5. The summed E-state index contributed by atoms with van der Waals surface area (Å²) in [5, 5.41) is 19.4. The first-order valence-electron chi connectivity index (χ1n) is 7.04. The molecule has 0 saturated heterocycles. The van der Waals surface area contributed by atoms with Crippen molar-refractivity contribution in [3.05, 3.63) is 52.3 Å². The summed E-state index contributed by atoms with van der Waals surface area (Å²) in [6.07, 6.45) is 1.78. The zero-order valence-electron chi connectivity index (χ0n) is 12.5. The van der Waals surface area contributed by atoms with E-state index in [1.165, 1.54) is 0 Å². The van der Waals surface area contributed by atoms with Crippen LogP contribution in [0.4, 0.5) is 11.5 Å².